The molecule has 0 atom stereocenters. The molecule has 2 aromatic rings. The standard InChI is InChI=1S/C15H12ClF3N2O2/c16-14-9-11(15(17,18)19)8-12(20-14)6-3-5-10-4-1-2-7-13(10)21(22)23/h1-2,4,7-9H,3,5-6H2. The Kier molecular flexibility index (Phi) is 5.20. The largest absolute Gasteiger partial charge is 0.416 e. The van der Waals surface area contributed by atoms with Crippen molar-refractivity contribution in [2.24, 2.45) is 0 Å². The molecule has 1 aromatic carbocycles. The van der Waals surface area contributed by atoms with E-state index >= 15 is 0 Å². The van der Waals surface area contributed by atoms with E-state index in [1.54, 1.807) is 18.2 Å². The molecule has 0 N–H and O–H groups in total. The van der Waals surface area contributed by atoms with E-state index in [0.717, 1.165) is 12.1 Å². The molecule has 0 aliphatic rings. The van der Waals surface area contributed by atoms with Crippen LogP contribution in [0.3, 0.4) is 0 Å². The predicted octanol–water partition coefficient (Wildman–Crippen LogP) is 4.84. The van der Waals surface area contributed by atoms with Crippen LogP contribution in [0.4, 0.5) is 18.9 Å². The fourth-order valence-electron chi connectivity index (χ4n) is 2.20. The average molecular weight is 345 g/mol. The van der Waals surface area contributed by atoms with Crippen molar-refractivity contribution in [3.8, 4) is 0 Å². The summed E-state index contributed by atoms with van der Waals surface area (Å²) in [6.07, 6.45) is -3.45. The van der Waals surface area contributed by atoms with Gasteiger partial charge in [-0.15, -0.1) is 0 Å². The lowest BCUT2D eigenvalue weighted by atomic mass is 10.0. The van der Waals surface area contributed by atoms with E-state index in [1.807, 2.05) is 0 Å². The summed E-state index contributed by atoms with van der Waals surface area (Å²) in [7, 11) is 0. The lowest BCUT2D eigenvalue weighted by molar-refractivity contribution is -0.385. The topological polar surface area (TPSA) is 56.0 Å². The van der Waals surface area contributed by atoms with E-state index in [4.69, 9.17) is 11.6 Å². The fraction of sp³-hybridized carbons (Fsp3) is 0.267. The first-order chi connectivity index (χ1) is 10.8. The Bertz CT molecular complexity index is 720. The third-order valence-electron chi connectivity index (χ3n) is 3.24. The minimum absolute atomic E-state index is 0.00235. The van der Waals surface area contributed by atoms with Gasteiger partial charge in [0.15, 0.2) is 0 Å². The van der Waals surface area contributed by atoms with Gasteiger partial charge in [-0.3, -0.25) is 10.1 Å². The van der Waals surface area contributed by atoms with Crippen LogP contribution >= 0.6 is 11.6 Å². The fourth-order valence-corrected chi connectivity index (χ4v) is 2.43. The smallest absolute Gasteiger partial charge is 0.258 e. The molecule has 0 aliphatic heterocycles. The maximum Gasteiger partial charge on any atom is 0.416 e. The van der Waals surface area contributed by atoms with Crippen LogP contribution in [0.2, 0.25) is 5.15 Å². The molecule has 23 heavy (non-hydrogen) atoms. The zero-order valence-electron chi connectivity index (χ0n) is 11.8. The molecule has 0 radical (unpaired) electrons. The van der Waals surface area contributed by atoms with Gasteiger partial charge in [0.25, 0.3) is 5.69 Å². The van der Waals surface area contributed by atoms with Crippen LogP contribution in [-0.2, 0) is 19.0 Å². The highest BCUT2D eigenvalue weighted by molar-refractivity contribution is 6.29. The first kappa shape index (κ1) is 17.2. The van der Waals surface area contributed by atoms with Crippen molar-refractivity contribution in [1.82, 2.24) is 4.98 Å². The summed E-state index contributed by atoms with van der Waals surface area (Å²) in [6.45, 7) is 0. The van der Waals surface area contributed by atoms with Crippen LogP contribution in [0.1, 0.15) is 23.2 Å². The predicted molar refractivity (Wildman–Crippen MR) is 79.4 cm³/mol. The molecular weight excluding hydrogens is 333 g/mol. The number of nitro groups is 1. The second-order valence-electron chi connectivity index (χ2n) is 4.91. The Morgan fingerprint density at radius 3 is 2.52 bits per heavy atom. The third-order valence-corrected chi connectivity index (χ3v) is 3.44. The van der Waals surface area contributed by atoms with E-state index in [0.29, 0.717) is 18.4 Å². The molecule has 8 heteroatoms. The molecule has 4 nitrogen and oxygen atoms in total. The normalized spacial score (nSPS) is 11.5. The van der Waals surface area contributed by atoms with E-state index in [9.17, 15) is 23.3 Å². The Balaban J connectivity index is 2.08. The van der Waals surface area contributed by atoms with Crippen molar-refractivity contribution in [2.75, 3.05) is 0 Å². The van der Waals surface area contributed by atoms with Crippen molar-refractivity contribution < 1.29 is 18.1 Å². The number of pyridine rings is 1. The molecule has 1 heterocycles. The van der Waals surface area contributed by atoms with Crippen molar-refractivity contribution in [2.45, 2.75) is 25.4 Å². The average Bonchev–Trinajstić information content (AvgIpc) is 2.46. The highest BCUT2D eigenvalue weighted by atomic mass is 35.5. The van der Waals surface area contributed by atoms with Gasteiger partial charge in [-0.05, 0) is 31.4 Å². The molecule has 0 spiro atoms. The Hall–Kier alpha value is -2.15. The van der Waals surface area contributed by atoms with Gasteiger partial charge in [0, 0.05) is 17.3 Å². The minimum atomic E-state index is -4.49. The monoisotopic (exact) mass is 344 g/mol. The molecule has 0 saturated carbocycles. The number of nitro benzene ring substituents is 1. The number of alkyl halides is 3. The van der Waals surface area contributed by atoms with Gasteiger partial charge in [-0.25, -0.2) is 4.98 Å². The van der Waals surface area contributed by atoms with Crippen molar-refractivity contribution >= 4 is 17.3 Å². The number of aryl methyl sites for hydroxylation is 2. The summed E-state index contributed by atoms with van der Waals surface area (Å²) < 4.78 is 38.1. The lowest BCUT2D eigenvalue weighted by Crippen LogP contribution is -2.07. The first-order valence-corrected chi connectivity index (χ1v) is 7.11. The summed E-state index contributed by atoms with van der Waals surface area (Å²) in [5.41, 5.74) is -0.0975. The van der Waals surface area contributed by atoms with E-state index < -0.39 is 16.7 Å². The molecule has 0 amide bonds. The van der Waals surface area contributed by atoms with E-state index in [1.165, 1.54) is 6.07 Å². The zero-order chi connectivity index (χ0) is 17.0. The molecule has 122 valence electrons. The number of hydrogen-bond donors (Lipinski definition) is 0. The Labute approximate surface area is 135 Å². The van der Waals surface area contributed by atoms with Gasteiger partial charge >= 0.3 is 6.18 Å². The molecular formula is C15H12ClF3N2O2. The number of benzene rings is 1. The minimum Gasteiger partial charge on any atom is -0.258 e. The molecule has 0 fully saturated rings. The van der Waals surface area contributed by atoms with Crippen molar-refractivity contribution in [3.05, 3.63) is 68.5 Å². The summed E-state index contributed by atoms with van der Waals surface area (Å²) in [4.78, 5) is 14.3. The second kappa shape index (κ2) is 6.95. The molecule has 0 bridgehead atoms. The van der Waals surface area contributed by atoms with Crippen LogP contribution in [0, 0.1) is 10.1 Å². The number of para-hydroxylation sites is 1. The maximum absolute atomic E-state index is 12.7. The Morgan fingerprint density at radius 2 is 1.87 bits per heavy atom. The maximum atomic E-state index is 12.7. The van der Waals surface area contributed by atoms with Crippen LogP contribution in [0.25, 0.3) is 0 Å². The highest BCUT2D eigenvalue weighted by Crippen LogP contribution is 2.31. The molecule has 0 unspecified atom stereocenters. The third kappa shape index (κ3) is 4.66. The number of hydrogen-bond acceptors (Lipinski definition) is 3. The number of nitrogens with zero attached hydrogens (tertiary/aromatic N) is 2. The Morgan fingerprint density at radius 1 is 1.17 bits per heavy atom. The molecule has 0 saturated heterocycles. The van der Waals surface area contributed by atoms with Gasteiger partial charge in [0.1, 0.15) is 5.15 Å². The second-order valence-corrected chi connectivity index (χ2v) is 5.29. The van der Waals surface area contributed by atoms with Crippen molar-refractivity contribution in [1.29, 1.82) is 0 Å². The SMILES string of the molecule is O=[N+]([O-])c1ccccc1CCCc1cc(C(F)(F)F)cc(Cl)n1. The van der Waals surface area contributed by atoms with Gasteiger partial charge in [0.2, 0.25) is 0 Å². The highest BCUT2D eigenvalue weighted by Gasteiger charge is 2.31. The van der Waals surface area contributed by atoms with Crippen LogP contribution in [0.15, 0.2) is 36.4 Å². The van der Waals surface area contributed by atoms with Gasteiger partial charge in [0.05, 0.1) is 10.5 Å². The van der Waals surface area contributed by atoms with Gasteiger partial charge in [-0.1, -0.05) is 29.8 Å². The summed E-state index contributed by atoms with van der Waals surface area (Å²) in [6, 6.07) is 8.00. The quantitative estimate of drug-likeness (QED) is 0.443. The number of rotatable bonds is 5. The van der Waals surface area contributed by atoms with E-state index in [2.05, 4.69) is 4.98 Å². The van der Waals surface area contributed by atoms with Crippen molar-refractivity contribution in [3.63, 3.8) is 0 Å². The summed E-state index contributed by atoms with van der Waals surface area (Å²) in [5.74, 6) is 0. The summed E-state index contributed by atoms with van der Waals surface area (Å²) in [5, 5.41) is 10.7. The molecule has 0 aliphatic carbocycles. The zero-order valence-corrected chi connectivity index (χ0v) is 12.6. The number of halogens is 4. The number of aromatic nitrogens is 1. The van der Waals surface area contributed by atoms with Gasteiger partial charge < -0.3 is 0 Å². The van der Waals surface area contributed by atoms with Crippen LogP contribution in [0.5, 0.6) is 0 Å². The molecule has 2 rings (SSSR count). The lowest BCUT2D eigenvalue weighted by Gasteiger charge is -2.09. The van der Waals surface area contributed by atoms with Gasteiger partial charge in [-0.2, -0.15) is 13.2 Å². The van der Waals surface area contributed by atoms with Crippen LogP contribution < -0.4 is 0 Å². The van der Waals surface area contributed by atoms with Crippen LogP contribution in [-0.4, -0.2) is 9.91 Å². The first-order valence-electron chi connectivity index (χ1n) is 6.73. The summed E-state index contributed by atoms with van der Waals surface area (Å²) >= 11 is 5.62. The molecule has 1 aromatic heterocycles. The van der Waals surface area contributed by atoms with E-state index in [-0.39, 0.29) is 23.0 Å².